The van der Waals surface area contributed by atoms with Crippen LogP contribution in [-0.4, -0.2) is 47.3 Å². The second-order valence-corrected chi connectivity index (χ2v) is 7.98. The lowest BCUT2D eigenvalue weighted by Crippen LogP contribution is -2.29. The minimum Gasteiger partial charge on any atom is -0.481 e. The van der Waals surface area contributed by atoms with Gasteiger partial charge in [0.1, 0.15) is 11.4 Å². The van der Waals surface area contributed by atoms with Crippen molar-refractivity contribution >= 4 is 22.8 Å². The van der Waals surface area contributed by atoms with Crippen LogP contribution in [0.4, 0.5) is 5.95 Å². The molecule has 1 saturated carbocycles. The Kier molecular flexibility index (Phi) is 5.64. The number of nitrogens with zero attached hydrogens (tertiary/aromatic N) is 5. The SMILES string of the molecule is O=C(O)[C@H]1CC[C@@H](Nc2nccc(-c3nccc(C#Cc4ccc5[nH]ncc5c4)n3)n2)CC1. The van der Waals surface area contributed by atoms with Gasteiger partial charge < -0.3 is 10.4 Å². The Morgan fingerprint density at radius 2 is 1.88 bits per heavy atom. The predicted octanol–water partition coefficient (Wildman–Crippen LogP) is 3.27. The van der Waals surface area contributed by atoms with Gasteiger partial charge >= 0.3 is 5.97 Å². The highest BCUT2D eigenvalue weighted by atomic mass is 16.4. The number of fused-ring (bicyclic) bond motifs is 1. The summed E-state index contributed by atoms with van der Waals surface area (Å²) in [6.45, 7) is 0. The fraction of sp³-hybridized carbons (Fsp3) is 0.250. The molecule has 1 aromatic carbocycles. The lowest BCUT2D eigenvalue weighted by atomic mass is 9.86. The third-order valence-corrected chi connectivity index (χ3v) is 5.73. The minimum atomic E-state index is -0.714. The summed E-state index contributed by atoms with van der Waals surface area (Å²) in [5.74, 6) is 6.19. The quantitative estimate of drug-likeness (QED) is 0.413. The molecule has 0 radical (unpaired) electrons. The van der Waals surface area contributed by atoms with Crippen LogP contribution >= 0.6 is 0 Å². The molecule has 0 spiro atoms. The van der Waals surface area contributed by atoms with Crippen LogP contribution in [0.3, 0.4) is 0 Å². The molecule has 1 aliphatic rings. The first-order chi connectivity index (χ1) is 16.1. The highest BCUT2D eigenvalue weighted by Crippen LogP contribution is 2.26. The van der Waals surface area contributed by atoms with Gasteiger partial charge in [0, 0.05) is 29.4 Å². The van der Waals surface area contributed by atoms with Crippen LogP contribution in [0.1, 0.15) is 36.9 Å². The number of hydrogen-bond donors (Lipinski definition) is 3. The standard InChI is InChI=1S/C24H21N7O2/c32-23(33)16-3-6-18(7-4-16)29-24-26-12-10-21(30-24)22-25-11-9-19(28-22)5-1-15-2-8-20-17(13-15)14-27-31-20/h2,8-14,16,18H,3-4,6-7H2,(H,27,31)(H,32,33)(H,26,29,30)/t16-,18+. The van der Waals surface area contributed by atoms with Gasteiger partial charge in [0.15, 0.2) is 5.82 Å². The van der Waals surface area contributed by atoms with Gasteiger partial charge in [0.25, 0.3) is 0 Å². The van der Waals surface area contributed by atoms with Crippen molar-refractivity contribution in [3.8, 4) is 23.4 Å². The van der Waals surface area contributed by atoms with Gasteiger partial charge in [-0.05, 0) is 61.9 Å². The average molecular weight is 439 g/mol. The molecule has 0 atom stereocenters. The summed E-state index contributed by atoms with van der Waals surface area (Å²) in [5.41, 5.74) is 3.02. The number of anilines is 1. The Morgan fingerprint density at radius 3 is 2.73 bits per heavy atom. The summed E-state index contributed by atoms with van der Waals surface area (Å²) in [6.07, 6.45) is 7.95. The second-order valence-electron chi connectivity index (χ2n) is 7.98. The van der Waals surface area contributed by atoms with E-state index in [9.17, 15) is 4.79 Å². The number of hydrogen-bond acceptors (Lipinski definition) is 7. The molecule has 0 amide bonds. The van der Waals surface area contributed by atoms with Crippen LogP contribution in [-0.2, 0) is 4.79 Å². The van der Waals surface area contributed by atoms with Gasteiger partial charge in [-0.15, -0.1) is 0 Å². The summed E-state index contributed by atoms with van der Waals surface area (Å²) in [7, 11) is 0. The van der Waals surface area contributed by atoms with Gasteiger partial charge in [0.05, 0.1) is 17.6 Å². The number of rotatable bonds is 4. The summed E-state index contributed by atoms with van der Waals surface area (Å²) >= 11 is 0. The average Bonchev–Trinajstić information content (AvgIpc) is 3.31. The number of carbonyl (C=O) groups is 1. The molecule has 5 rings (SSSR count). The molecule has 33 heavy (non-hydrogen) atoms. The molecule has 1 fully saturated rings. The van der Waals surface area contributed by atoms with Gasteiger partial charge in [-0.3, -0.25) is 9.89 Å². The smallest absolute Gasteiger partial charge is 0.306 e. The van der Waals surface area contributed by atoms with Crippen LogP contribution in [0, 0.1) is 17.8 Å². The third kappa shape index (κ3) is 4.80. The van der Waals surface area contributed by atoms with Crippen LogP contribution < -0.4 is 5.32 Å². The Hall–Kier alpha value is -4.32. The van der Waals surface area contributed by atoms with Gasteiger partial charge in [0.2, 0.25) is 5.95 Å². The number of H-pyrrole nitrogens is 1. The van der Waals surface area contributed by atoms with Gasteiger partial charge in [-0.2, -0.15) is 5.10 Å². The van der Waals surface area contributed by atoms with Crippen molar-refractivity contribution in [2.45, 2.75) is 31.7 Å². The van der Waals surface area contributed by atoms with Crippen molar-refractivity contribution < 1.29 is 9.90 Å². The Morgan fingerprint density at radius 1 is 1.03 bits per heavy atom. The number of aliphatic carboxylic acids is 1. The summed E-state index contributed by atoms with van der Waals surface area (Å²) < 4.78 is 0. The molecule has 0 saturated heterocycles. The molecular formula is C24H21N7O2. The molecule has 0 unspecified atom stereocenters. The molecule has 164 valence electrons. The molecule has 0 bridgehead atoms. The maximum absolute atomic E-state index is 11.1. The topological polar surface area (TPSA) is 130 Å². The summed E-state index contributed by atoms with van der Waals surface area (Å²) in [5, 5.41) is 20.4. The van der Waals surface area contributed by atoms with E-state index >= 15 is 0 Å². The van der Waals surface area contributed by atoms with E-state index in [-0.39, 0.29) is 12.0 Å². The van der Waals surface area contributed by atoms with E-state index in [0.29, 0.717) is 36.0 Å². The van der Waals surface area contributed by atoms with E-state index in [1.54, 1.807) is 30.7 Å². The van der Waals surface area contributed by atoms with E-state index in [0.717, 1.165) is 29.3 Å². The van der Waals surface area contributed by atoms with E-state index in [1.807, 2.05) is 18.2 Å². The number of benzene rings is 1. The zero-order valence-corrected chi connectivity index (χ0v) is 17.7. The van der Waals surface area contributed by atoms with Crippen molar-refractivity contribution in [2.75, 3.05) is 5.32 Å². The lowest BCUT2D eigenvalue weighted by Gasteiger charge is -2.26. The van der Waals surface area contributed by atoms with Crippen LogP contribution in [0.25, 0.3) is 22.4 Å². The van der Waals surface area contributed by atoms with Crippen molar-refractivity contribution in [3.63, 3.8) is 0 Å². The summed E-state index contributed by atoms with van der Waals surface area (Å²) in [4.78, 5) is 28.9. The highest BCUT2D eigenvalue weighted by molar-refractivity contribution is 5.79. The van der Waals surface area contributed by atoms with Crippen molar-refractivity contribution in [3.05, 3.63) is 60.2 Å². The van der Waals surface area contributed by atoms with Crippen molar-refractivity contribution in [1.29, 1.82) is 0 Å². The lowest BCUT2D eigenvalue weighted by molar-refractivity contribution is -0.142. The molecule has 3 aromatic heterocycles. The predicted molar refractivity (Wildman–Crippen MR) is 122 cm³/mol. The fourth-order valence-electron chi connectivity index (χ4n) is 3.93. The molecular weight excluding hydrogens is 418 g/mol. The van der Waals surface area contributed by atoms with E-state index in [4.69, 9.17) is 5.11 Å². The molecule has 9 heteroatoms. The number of aromatic amines is 1. The molecule has 0 aliphatic heterocycles. The molecule has 3 N–H and O–H groups in total. The van der Waals surface area contributed by atoms with Crippen molar-refractivity contribution in [2.24, 2.45) is 5.92 Å². The number of carboxylic acids is 1. The van der Waals surface area contributed by atoms with E-state index < -0.39 is 5.97 Å². The summed E-state index contributed by atoms with van der Waals surface area (Å²) in [6, 6.07) is 9.52. The first-order valence-corrected chi connectivity index (χ1v) is 10.7. The van der Waals surface area contributed by atoms with E-state index in [1.165, 1.54) is 0 Å². The normalized spacial score (nSPS) is 17.8. The molecule has 9 nitrogen and oxygen atoms in total. The Bertz CT molecular complexity index is 1360. The first-order valence-electron chi connectivity index (χ1n) is 10.7. The first kappa shape index (κ1) is 20.6. The Balaban J connectivity index is 1.30. The monoisotopic (exact) mass is 439 g/mol. The number of carboxylic acid groups (broad SMARTS) is 1. The highest BCUT2D eigenvalue weighted by Gasteiger charge is 2.26. The zero-order valence-electron chi connectivity index (χ0n) is 17.7. The van der Waals surface area contributed by atoms with E-state index in [2.05, 4.69) is 47.3 Å². The van der Waals surface area contributed by atoms with Crippen LogP contribution in [0.15, 0.2) is 48.9 Å². The number of aromatic nitrogens is 6. The molecule has 4 aromatic rings. The van der Waals surface area contributed by atoms with Gasteiger partial charge in [-0.1, -0.05) is 5.92 Å². The van der Waals surface area contributed by atoms with Crippen LogP contribution in [0.2, 0.25) is 0 Å². The third-order valence-electron chi connectivity index (χ3n) is 5.73. The minimum absolute atomic E-state index is 0.154. The maximum Gasteiger partial charge on any atom is 0.306 e. The zero-order chi connectivity index (χ0) is 22.6. The molecule has 3 heterocycles. The second kappa shape index (κ2) is 9.04. The molecule has 1 aliphatic carbocycles. The number of nitrogens with one attached hydrogen (secondary N) is 2. The fourth-order valence-corrected chi connectivity index (χ4v) is 3.93. The van der Waals surface area contributed by atoms with Crippen molar-refractivity contribution in [1.82, 2.24) is 30.1 Å². The maximum atomic E-state index is 11.1. The van der Waals surface area contributed by atoms with Gasteiger partial charge in [-0.25, -0.2) is 19.9 Å². The largest absolute Gasteiger partial charge is 0.481 e. The Labute approximate surface area is 189 Å². The van der Waals surface area contributed by atoms with Crippen LogP contribution in [0.5, 0.6) is 0 Å².